The molecule has 0 aromatic heterocycles. The van der Waals surface area contributed by atoms with Crippen molar-refractivity contribution in [3.8, 4) is 0 Å². The van der Waals surface area contributed by atoms with E-state index in [0.29, 0.717) is 19.5 Å². The van der Waals surface area contributed by atoms with E-state index in [1.807, 2.05) is 4.90 Å². The van der Waals surface area contributed by atoms with Crippen LogP contribution < -0.4 is 5.32 Å². The monoisotopic (exact) mass is 219 g/mol. The average molecular weight is 219 g/mol. The minimum Gasteiger partial charge on any atom is -0.315 e. The van der Waals surface area contributed by atoms with Gasteiger partial charge in [-0.25, -0.2) is 0 Å². The number of nitrogens with one attached hydrogen (secondary N) is 1. The van der Waals surface area contributed by atoms with Gasteiger partial charge in [-0.3, -0.25) is 4.90 Å². The normalized spacial score (nSPS) is 49.2. The summed E-state index contributed by atoms with van der Waals surface area (Å²) in [6.07, 6.45) is 2.15. The van der Waals surface area contributed by atoms with Gasteiger partial charge in [0.15, 0.2) is 0 Å². The molecule has 0 saturated carbocycles. The van der Waals surface area contributed by atoms with Crippen LogP contribution in [0.15, 0.2) is 0 Å². The largest absolute Gasteiger partial charge is 0.315 e. The molecular weight excluding hydrogens is 184 g/mol. The zero-order chi connectivity index (χ0) is 18.4. The van der Waals surface area contributed by atoms with Crippen LogP contribution in [0, 0.1) is 5.41 Å². The molecule has 0 bridgehead atoms. The van der Waals surface area contributed by atoms with Crippen molar-refractivity contribution in [3.63, 3.8) is 0 Å². The van der Waals surface area contributed by atoms with Gasteiger partial charge in [-0.1, -0.05) is 20.1 Å². The Morgan fingerprint density at radius 3 is 3.13 bits per heavy atom. The molecule has 2 saturated heterocycles. The maximum absolute atomic E-state index is 7.81. The summed E-state index contributed by atoms with van der Waals surface area (Å²) in [4.78, 5) is 1.83. The topological polar surface area (TPSA) is 15.3 Å². The molecule has 2 rings (SSSR count). The summed E-state index contributed by atoms with van der Waals surface area (Å²) >= 11 is 0. The number of likely N-dealkylation sites (tertiary alicyclic amines) is 1. The number of nitrogens with zero attached hydrogens (tertiary/aromatic N) is 1. The molecule has 0 radical (unpaired) electrons. The van der Waals surface area contributed by atoms with E-state index in [-0.39, 0.29) is 13.0 Å². The van der Waals surface area contributed by atoms with E-state index in [1.165, 1.54) is 0 Å². The van der Waals surface area contributed by atoms with Crippen molar-refractivity contribution in [1.82, 2.24) is 10.2 Å². The zero-order valence-electron chi connectivity index (χ0n) is 18.1. The molecule has 2 heteroatoms. The fourth-order valence-corrected chi connectivity index (χ4v) is 2.62. The van der Waals surface area contributed by atoms with Crippen molar-refractivity contribution >= 4 is 0 Å². The molecule has 1 N–H and O–H groups in total. The second-order valence-electron chi connectivity index (χ2n) is 4.82. The standard InChI is InChI=1S/C13H26N2/c1-11-6-4-5-7-15(11)12-8-13(2,3)10-14-9-12/h11-12,14H,4-10H2,1-3H3/t11-,12-/m0/s1/i1D3,2D3,3D3. The first kappa shape index (κ1) is 4.66. The summed E-state index contributed by atoms with van der Waals surface area (Å²) in [6, 6.07) is -1.03. The molecule has 0 spiro atoms. The Bertz CT molecular complexity index is 426. The lowest BCUT2D eigenvalue weighted by Crippen LogP contribution is -2.55. The summed E-state index contributed by atoms with van der Waals surface area (Å²) in [7, 11) is 0. The van der Waals surface area contributed by atoms with Crippen molar-refractivity contribution in [2.75, 3.05) is 19.6 Å². The first-order valence-corrected chi connectivity index (χ1v) is 5.76. The smallest absolute Gasteiger partial charge is 0.0246 e. The SMILES string of the molecule is [2H]C([2H])([2H])[C@H]1CCCCN1[C@@H]1CNCC(C([2H])([2H])[2H])(C([2H])([2H])[2H])C1. The molecular formula is C13H26N2. The lowest BCUT2D eigenvalue weighted by molar-refractivity contribution is 0.0554. The minimum absolute atomic E-state index is 0.0421. The van der Waals surface area contributed by atoms with Gasteiger partial charge in [-0.2, -0.15) is 0 Å². The molecule has 2 heterocycles. The maximum atomic E-state index is 7.81. The van der Waals surface area contributed by atoms with Gasteiger partial charge in [-0.05, 0) is 38.1 Å². The summed E-state index contributed by atoms with van der Waals surface area (Å²) in [6.45, 7) is -6.57. The summed E-state index contributed by atoms with van der Waals surface area (Å²) in [5.41, 5.74) is -1.85. The van der Waals surface area contributed by atoms with Crippen molar-refractivity contribution in [3.05, 3.63) is 0 Å². The molecule has 88 valence electrons. The highest BCUT2D eigenvalue weighted by molar-refractivity contribution is 4.90. The number of rotatable bonds is 1. The van der Waals surface area contributed by atoms with E-state index in [1.54, 1.807) is 0 Å². The van der Waals surface area contributed by atoms with Crippen LogP contribution in [0.5, 0.6) is 0 Å². The van der Waals surface area contributed by atoms with Gasteiger partial charge in [0.25, 0.3) is 0 Å². The van der Waals surface area contributed by atoms with E-state index in [0.717, 1.165) is 12.8 Å². The molecule has 2 atom stereocenters. The van der Waals surface area contributed by atoms with Gasteiger partial charge in [0.2, 0.25) is 0 Å². The first-order valence-electron chi connectivity index (χ1n) is 10.3. The third kappa shape index (κ3) is 2.73. The molecule has 0 aromatic rings. The molecule has 15 heavy (non-hydrogen) atoms. The Morgan fingerprint density at radius 1 is 1.40 bits per heavy atom. The Kier molecular flexibility index (Phi) is 1.37. The number of piperidine rings is 2. The first-order chi connectivity index (χ1) is 10.8. The Morgan fingerprint density at radius 2 is 2.33 bits per heavy atom. The lowest BCUT2D eigenvalue weighted by Gasteiger charge is -2.45. The van der Waals surface area contributed by atoms with Gasteiger partial charge in [-0.15, -0.1) is 0 Å². The molecule has 2 aliphatic rings. The molecule has 2 fully saturated rings. The summed E-state index contributed by atoms with van der Waals surface area (Å²) in [5, 5.41) is 2.96. The molecule has 0 aliphatic carbocycles. The fraction of sp³-hybridized carbons (Fsp3) is 1.00. The van der Waals surface area contributed by atoms with Gasteiger partial charge in [0, 0.05) is 37.5 Å². The number of hydrogen-bond acceptors (Lipinski definition) is 2. The third-order valence-electron chi connectivity index (χ3n) is 3.40. The second kappa shape index (κ2) is 4.42. The predicted molar refractivity (Wildman–Crippen MR) is 65.1 cm³/mol. The number of hydrogen-bond donors (Lipinski definition) is 1. The van der Waals surface area contributed by atoms with Crippen LogP contribution >= 0.6 is 0 Å². The van der Waals surface area contributed by atoms with Gasteiger partial charge < -0.3 is 5.32 Å². The van der Waals surface area contributed by atoms with Gasteiger partial charge in [0.1, 0.15) is 0 Å². The van der Waals surface area contributed by atoms with Gasteiger partial charge in [0.05, 0.1) is 0 Å². The predicted octanol–water partition coefficient (Wildman–Crippen LogP) is 2.25. The van der Waals surface area contributed by atoms with Crippen molar-refractivity contribution < 1.29 is 12.3 Å². The molecule has 0 unspecified atom stereocenters. The van der Waals surface area contributed by atoms with Crippen molar-refractivity contribution in [2.45, 2.75) is 58.3 Å². The summed E-state index contributed by atoms with van der Waals surface area (Å²) < 4.78 is 70.2. The van der Waals surface area contributed by atoms with Crippen LogP contribution in [-0.2, 0) is 0 Å². The Balaban J connectivity index is 2.31. The van der Waals surface area contributed by atoms with Crippen LogP contribution in [0.2, 0.25) is 0 Å². The molecule has 0 aromatic carbocycles. The highest BCUT2D eigenvalue weighted by Crippen LogP contribution is 2.30. The quantitative estimate of drug-likeness (QED) is 0.728. The van der Waals surface area contributed by atoms with Crippen LogP contribution in [0.4, 0.5) is 0 Å². The maximum Gasteiger partial charge on any atom is 0.0246 e. The van der Waals surface area contributed by atoms with E-state index >= 15 is 0 Å². The third-order valence-corrected chi connectivity index (χ3v) is 3.40. The van der Waals surface area contributed by atoms with E-state index < -0.39 is 38.1 Å². The molecule has 2 aliphatic heterocycles. The molecule has 2 nitrogen and oxygen atoms in total. The highest BCUT2D eigenvalue weighted by Gasteiger charge is 2.33. The van der Waals surface area contributed by atoms with Crippen molar-refractivity contribution in [2.24, 2.45) is 5.41 Å². The van der Waals surface area contributed by atoms with E-state index in [9.17, 15) is 0 Å². The van der Waals surface area contributed by atoms with E-state index in [2.05, 4.69) is 5.32 Å². The lowest BCUT2D eigenvalue weighted by atomic mass is 9.81. The fourth-order valence-electron chi connectivity index (χ4n) is 2.62. The Labute approximate surface area is 107 Å². The molecule has 0 amide bonds. The van der Waals surface area contributed by atoms with Crippen molar-refractivity contribution in [1.29, 1.82) is 0 Å². The average Bonchev–Trinajstić information content (AvgIpc) is 2.44. The summed E-state index contributed by atoms with van der Waals surface area (Å²) in [5.74, 6) is 0. The van der Waals surface area contributed by atoms with Crippen LogP contribution in [0.1, 0.15) is 58.6 Å². The van der Waals surface area contributed by atoms with E-state index in [4.69, 9.17) is 12.3 Å². The second-order valence-corrected chi connectivity index (χ2v) is 4.82. The van der Waals surface area contributed by atoms with Gasteiger partial charge >= 0.3 is 0 Å². The van der Waals surface area contributed by atoms with Crippen LogP contribution in [0.25, 0.3) is 0 Å². The Hall–Kier alpha value is -0.0800. The minimum atomic E-state index is -2.64. The van der Waals surface area contributed by atoms with Crippen LogP contribution in [-0.4, -0.2) is 36.6 Å². The zero-order valence-corrected chi connectivity index (χ0v) is 9.05. The van der Waals surface area contributed by atoms with Crippen LogP contribution in [0.3, 0.4) is 0 Å². The highest BCUT2D eigenvalue weighted by atomic mass is 15.2.